The molecule has 1 atom stereocenters. The van der Waals surface area contributed by atoms with Crippen LogP contribution in [0.4, 0.5) is 15.3 Å². The number of fused-ring (bicyclic) bond motifs is 3. The molecule has 1 aromatic carbocycles. The number of benzene rings is 1. The first kappa shape index (κ1) is 22.4. The predicted molar refractivity (Wildman–Crippen MR) is 106 cm³/mol. The third-order valence-corrected chi connectivity index (χ3v) is 5.17. The number of nitrogens with one attached hydrogen (secondary N) is 1. The molecule has 0 saturated carbocycles. The molecule has 2 aromatic rings. The number of anilines is 1. The summed E-state index contributed by atoms with van der Waals surface area (Å²) >= 11 is 0. The van der Waals surface area contributed by atoms with Crippen LogP contribution in [0.5, 0.6) is 5.75 Å². The highest BCUT2D eigenvalue weighted by Crippen LogP contribution is 2.40. The Morgan fingerprint density at radius 1 is 1.10 bits per heavy atom. The standard InChI is InChI=1S/C18H20N2O10S/c1-26-16(21)12-6-11-10-5-9(30-31(4,24)25)8-20(17(22)27-2)13(10)7-14(15(11)19-12)29-18(23)28-3/h6-7,9,19H,5,8H2,1-4H3. The predicted octanol–water partition coefficient (Wildman–Crippen LogP) is 1.57. The van der Waals surface area contributed by atoms with Crippen LogP contribution < -0.4 is 9.64 Å². The summed E-state index contributed by atoms with van der Waals surface area (Å²) in [6.07, 6.45) is -1.72. The van der Waals surface area contributed by atoms with Gasteiger partial charge in [0.15, 0.2) is 5.75 Å². The number of aromatic amines is 1. The molecule has 0 aliphatic carbocycles. The lowest BCUT2D eigenvalue weighted by atomic mass is 9.96. The summed E-state index contributed by atoms with van der Waals surface area (Å²) in [5.74, 6) is -0.703. The van der Waals surface area contributed by atoms with E-state index in [2.05, 4.69) is 9.72 Å². The number of carbonyl (C=O) groups excluding carboxylic acids is 3. The Kier molecular flexibility index (Phi) is 6.08. The molecule has 2 heterocycles. The van der Waals surface area contributed by atoms with Crippen LogP contribution in [0, 0.1) is 0 Å². The molecule has 31 heavy (non-hydrogen) atoms. The van der Waals surface area contributed by atoms with Gasteiger partial charge in [-0.1, -0.05) is 0 Å². The second-order valence-electron chi connectivity index (χ2n) is 6.60. The Bertz CT molecular complexity index is 1150. The number of esters is 1. The van der Waals surface area contributed by atoms with Crippen LogP contribution in [0.15, 0.2) is 12.1 Å². The largest absolute Gasteiger partial charge is 0.513 e. The third kappa shape index (κ3) is 4.56. The highest BCUT2D eigenvalue weighted by molar-refractivity contribution is 7.86. The van der Waals surface area contributed by atoms with Gasteiger partial charge in [-0.3, -0.25) is 9.08 Å². The molecule has 0 radical (unpaired) electrons. The fraction of sp³-hybridized carbons (Fsp3) is 0.389. The van der Waals surface area contributed by atoms with Gasteiger partial charge in [0.2, 0.25) is 0 Å². The summed E-state index contributed by atoms with van der Waals surface area (Å²) in [7, 11) is -0.332. The van der Waals surface area contributed by atoms with Gasteiger partial charge < -0.3 is 23.9 Å². The highest BCUT2D eigenvalue weighted by atomic mass is 32.2. The molecular formula is C18H20N2O10S. The Labute approximate surface area is 177 Å². The van der Waals surface area contributed by atoms with Crippen molar-refractivity contribution in [1.29, 1.82) is 0 Å². The molecule has 0 fully saturated rings. The molecule has 3 rings (SSSR count). The average Bonchev–Trinajstić information content (AvgIpc) is 3.17. The van der Waals surface area contributed by atoms with E-state index in [0.717, 1.165) is 18.3 Å². The van der Waals surface area contributed by atoms with E-state index in [4.69, 9.17) is 18.4 Å². The number of aromatic nitrogens is 1. The van der Waals surface area contributed by atoms with Crippen molar-refractivity contribution >= 4 is 44.9 Å². The summed E-state index contributed by atoms with van der Waals surface area (Å²) in [6, 6.07) is 2.84. The van der Waals surface area contributed by atoms with Crippen LogP contribution in [0.25, 0.3) is 10.9 Å². The van der Waals surface area contributed by atoms with Crippen LogP contribution in [0.1, 0.15) is 16.1 Å². The normalized spacial score (nSPS) is 15.9. The van der Waals surface area contributed by atoms with Crippen molar-refractivity contribution < 1.29 is 45.9 Å². The molecule has 168 valence electrons. The zero-order valence-electron chi connectivity index (χ0n) is 17.1. The van der Waals surface area contributed by atoms with Gasteiger partial charge in [0, 0.05) is 17.9 Å². The Morgan fingerprint density at radius 3 is 2.39 bits per heavy atom. The van der Waals surface area contributed by atoms with Gasteiger partial charge in [0.05, 0.1) is 51.4 Å². The van der Waals surface area contributed by atoms with E-state index in [1.807, 2.05) is 0 Å². The Morgan fingerprint density at radius 2 is 1.81 bits per heavy atom. The molecule has 0 saturated heterocycles. The Hall–Kier alpha value is -3.32. The first-order valence-electron chi connectivity index (χ1n) is 8.84. The number of nitrogens with zero attached hydrogens (tertiary/aromatic N) is 1. The third-order valence-electron chi connectivity index (χ3n) is 4.55. The minimum atomic E-state index is -3.82. The number of amides is 1. The van der Waals surface area contributed by atoms with E-state index in [0.29, 0.717) is 16.6 Å². The fourth-order valence-electron chi connectivity index (χ4n) is 3.38. The maximum Gasteiger partial charge on any atom is 0.513 e. The lowest BCUT2D eigenvalue weighted by molar-refractivity contribution is 0.0595. The summed E-state index contributed by atoms with van der Waals surface area (Å²) < 4.78 is 47.7. The molecule has 1 N–H and O–H groups in total. The van der Waals surface area contributed by atoms with Gasteiger partial charge >= 0.3 is 18.2 Å². The van der Waals surface area contributed by atoms with Crippen LogP contribution in [-0.4, -0.2) is 71.9 Å². The lowest BCUT2D eigenvalue weighted by Gasteiger charge is -2.33. The van der Waals surface area contributed by atoms with Crippen molar-refractivity contribution in [1.82, 2.24) is 4.98 Å². The molecule has 1 amide bonds. The van der Waals surface area contributed by atoms with E-state index in [9.17, 15) is 22.8 Å². The molecular weight excluding hydrogens is 436 g/mol. The minimum absolute atomic E-state index is 0.0212. The van der Waals surface area contributed by atoms with E-state index >= 15 is 0 Å². The molecule has 1 aliphatic heterocycles. The van der Waals surface area contributed by atoms with E-state index < -0.39 is 34.4 Å². The summed E-state index contributed by atoms with van der Waals surface area (Å²) in [6.45, 7) is -0.135. The van der Waals surface area contributed by atoms with Gasteiger partial charge in [0.25, 0.3) is 10.1 Å². The van der Waals surface area contributed by atoms with Crippen LogP contribution >= 0.6 is 0 Å². The zero-order valence-corrected chi connectivity index (χ0v) is 17.9. The number of ether oxygens (including phenoxy) is 4. The van der Waals surface area contributed by atoms with E-state index in [1.54, 1.807) is 0 Å². The summed E-state index contributed by atoms with van der Waals surface area (Å²) in [5, 5.41) is 0.396. The average molecular weight is 456 g/mol. The van der Waals surface area contributed by atoms with Gasteiger partial charge in [-0.2, -0.15) is 8.42 Å². The molecule has 0 bridgehead atoms. The van der Waals surface area contributed by atoms with Gasteiger partial charge in [-0.25, -0.2) is 14.4 Å². The van der Waals surface area contributed by atoms with Crippen molar-refractivity contribution in [3.05, 3.63) is 23.4 Å². The SMILES string of the molecule is COC(=O)Oc1cc2c(c3cc(C(=O)OC)[nH]c13)CC(OS(C)(=O)=O)CN2C(=O)OC. The summed E-state index contributed by atoms with van der Waals surface area (Å²) in [5.41, 5.74) is 1.07. The molecule has 0 spiro atoms. The topological polar surface area (TPSA) is 151 Å². The number of methoxy groups -OCH3 is 3. The van der Waals surface area contributed by atoms with Crippen LogP contribution in [0.2, 0.25) is 0 Å². The molecule has 12 nitrogen and oxygen atoms in total. The van der Waals surface area contributed by atoms with Crippen molar-refractivity contribution in [3.63, 3.8) is 0 Å². The second kappa shape index (κ2) is 8.43. The summed E-state index contributed by atoms with van der Waals surface area (Å²) in [4.78, 5) is 40.1. The molecule has 1 aliphatic rings. The van der Waals surface area contributed by atoms with Gasteiger partial charge in [-0.15, -0.1) is 0 Å². The number of H-pyrrole nitrogens is 1. The van der Waals surface area contributed by atoms with E-state index in [-0.39, 0.29) is 29.9 Å². The molecule has 1 aromatic heterocycles. The minimum Gasteiger partial charge on any atom is -0.464 e. The van der Waals surface area contributed by atoms with E-state index in [1.165, 1.54) is 26.4 Å². The first-order valence-corrected chi connectivity index (χ1v) is 10.7. The number of carbonyl (C=O) groups is 3. The highest BCUT2D eigenvalue weighted by Gasteiger charge is 2.35. The van der Waals surface area contributed by atoms with Gasteiger partial charge in [0.1, 0.15) is 5.69 Å². The number of rotatable bonds is 4. The number of hydrogen-bond donors (Lipinski definition) is 1. The van der Waals surface area contributed by atoms with Crippen molar-refractivity contribution in [3.8, 4) is 5.75 Å². The fourth-order valence-corrected chi connectivity index (χ4v) is 4.01. The van der Waals surface area contributed by atoms with Crippen molar-refractivity contribution in [2.45, 2.75) is 12.5 Å². The van der Waals surface area contributed by atoms with Crippen LogP contribution in [-0.2, 0) is 34.9 Å². The van der Waals surface area contributed by atoms with Crippen molar-refractivity contribution in [2.75, 3.05) is 39.0 Å². The maximum absolute atomic E-state index is 12.4. The first-order chi connectivity index (χ1) is 14.6. The lowest BCUT2D eigenvalue weighted by Crippen LogP contribution is -2.44. The van der Waals surface area contributed by atoms with Gasteiger partial charge in [-0.05, 0) is 11.6 Å². The number of hydrogen-bond acceptors (Lipinski definition) is 10. The molecule has 13 heteroatoms. The van der Waals surface area contributed by atoms with Crippen molar-refractivity contribution in [2.24, 2.45) is 0 Å². The smallest absolute Gasteiger partial charge is 0.464 e. The second-order valence-corrected chi connectivity index (χ2v) is 8.20. The zero-order chi connectivity index (χ0) is 22.9. The quantitative estimate of drug-likeness (QED) is 0.311. The maximum atomic E-state index is 12.4. The monoisotopic (exact) mass is 456 g/mol. The Balaban J connectivity index is 2.25. The molecule has 1 unspecified atom stereocenters. The van der Waals surface area contributed by atoms with Crippen LogP contribution in [0.3, 0.4) is 0 Å².